The van der Waals surface area contributed by atoms with Crippen LogP contribution in [-0.4, -0.2) is 43.3 Å². The van der Waals surface area contributed by atoms with Crippen molar-refractivity contribution in [2.75, 3.05) is 10.8 Å². The van der Waals surface area contributed by atoms with Gasteiger partial charge < -0.3 is 10.2 Å². The number of nitrogens with one attached hydrogen (secondary N) is 1. The van der Waals surface area contributed by atoms with Gasteiger partial charge >= 0.3 is 0 Å². The fourth-order valence-electron chi connectivity index (χ4n) is 4.25. The van der Waals surface area contributed by atoms with Crippen LogP contribution in [0.2, 0.25) is 15.1 Å². The normalized spacial score (nSPS) is 12.5. The molecule has 0 unspecified atom stereocenters. The summed E-state index contributed by atoms with van der Waals surface area (Å²) >= 11 is 18.4. The van der Waals surface area contributed by atoms with Crippen LogP contribution in [0.25, 0.3) is 0 Å². The van der Waals surface area contributed by atoms with Crippen molar-refractivity contribution in [2.45, 2.75) is 64.1 Å². The molecule has 0 saturated carbocycles. The van der Waals surface area contributed by atoms with E-state index in [4.69, 9.17) is 34.8 Å². The van der Waals surface area contributed by atoms with Crippen molar-refractivity contribution in [3.05, 3.63) is 92.9 Å². The maximum absolute atomic E-state index is 14.1. The summed E-state index contributed by atoms with van der Waals surface area (Å²) in [6.45, 7) is 8.63. The number of amides is 2. The third kappa shape index (κ3) is 8.61. The summed E-state index contributed by atoms with van der Waals surface area (Å²) in [5.74, 6) is -0.915. The van der Waals surface area contributed by atoms with Crippen LogP contribution in [0.3, 0.4) is 0 Å². The molecule has 0 bridgehead atoms. The number of nitrogens with zero attached hydrogens (tertiary/aromatic N) is 2. The Hall–Kier alpha value is -2.78. The number of benzene rings is 3. The number of hydrogen-bond donors (Lipinski definition) is 1. The van der Waals surface area contributed by atoms with E-state index in [-0.39, 0.29) is 17.3 Å². The van der Waals surface area contributed by atoms with Crippen molar-refractivity contribution in [1.29, 1.82) is 0 Å². The average molecular weight is 639 g/mol. The van der Waals surface area contributed by atoms with E-state index in [2.05, 4.69) is 5.32 Å². The highest BCUT2D eigenvalue weighted by Gasteiger charge is 2.34. The molecule has 220 valence electrons. The minimum absolute atomic E-state index is 0.00837. The number of sulfonamides is 1. The largest absolute Gasteiger partial charge is 0.350 e. The van der Waals surface area contributed by atoms with Crippen LogP contribution in [0, 0.1) is 6.92 Å². The Morgan fingerprint density at radius 1 is 0.927 bits per heavy atom. The number of carbonyl (C=O) groups excluding carboxylic acids is 2. The van der Waals surface area contributed by atoms with E-state index in [9.17, 15) is 18.0 Å². The molecule has 41 heavy (non-hydrogen) atoms. The molecule has 0 saturated heterocycles. The van der Waals surface area contributed by atoms with E-state index in [1.165, 1.54) is 29.2 Å². The first-order chi connectivity index (χ1) is 19.1. The predicted molar refractivity (Wildman–Crippen MR) is 166 cm³/mol. The van der Waals surface area contributed by atoms with E-state index in [0.29, 0.717) is 32.7 Å². The molecule has 0 aliphatic heterocycles. The first kappa shape index (κ1) is 32.7. The van der Waals surface area contributed by atoms with Crippen molar-refractivity contribution in [3.63, 3.8) is 0 Å². The molecule has 3 rings (SSSR count). The molecule has 0 aromatic heterocycles. The molecule has 0 aliphatic carbocycles. The highest BCUT2D eigenvalue weighted by atomic mass is 35.5. The lowest BCUT2D eigenvalue weighted by Crippen LogP contribution is -2.55. The van der Waals surface area contributed by atoms with Crippen molar-refractivity contribution in [1.82, 2.24) is 10.2 Å². The SMILES string of the molecule is CC[C@@H](C(=O)NC(C)(C)C)N(Cc1ccc(Cl)c(Cl)c1)C(=O)CN(c1cccc(C)c1)S(=O)(=O)c1ccc(Cl)cc1. The monoisotopic (exact) mass is 637 g/mol. The molecule has 0 aliphatic rings. The summed E-state index contributed by atoms with van der Waals surface area (Å²) in [7, 11) is -4.19. The highest BCUT2D eigenvalue weighted by molar-refractivity contribution is 7.92. The van der Waals surface area contributed by atoms with Crippen LogP contribution in [0.5, 0.6) is 0 Å². The Labute approximate surface area is 257 Å². The third-order valence-electron chi connectivity index (χ3n) is 6.19. The summed E-state index contributed by atoms with van der Waals surface area (Å²) in [6, 6.07) is 16.7. The van der Waals surface area contributed by atoms with Gasteiger partial charge in [0.05, 0.1) is 20.6 Å². The number of halogens is 3. The van der Waals surface area contributed by atoms with Crippen LogP contribution >= 0.6 is 34.8 Å². The molecule has 0 spiro atoms. The van der Waals surface area contributed by atoms with Gasteiger partial charge in [-0.25, -0.2) is 8.42 Å². The van der Waals surface area contributed by atoms with Gasteiger partial charge in [0.2, 0.25) is 11.8 Å². The zero-order chi connectivity index (χ0) is 30.5. The number of carbonyl (C=O) groups is 2. The molecule has 0 radical (unpaired) electrons. The van der Waals surface area contributed by atoms with Crippen LogP contribution in [0.1, 0.15) is 45.2 Å². The highest BCUT2D eigenvalue weighted by Crippen LogP contribution is 2.28. The van der Waals surface area contributed by atoms with E-state index in [0.717, 1.165) is 9.87 Å². The maximum atomic E-state index is 14.1. The molecule has 7 nitrogen and oxygen atoms in total. The molecule has 2 amide bonds. The molecule has 0 fully saturated rings. The van der Waals surface area contributed by atoms with Gasteiger partial charge in [0.1, 0.15) is 12.6 Å². The first-order valence-corrected chi connectivity index (χ1v) is 15.6. The quantitative estimate of drug-likeness (QED) is 0.263. The van der Waals surface area contributed by atoms with Crippen LogP contribution in [0.4, 0.5) is 5.69 Å². The van der Waals surface area contributed by atoms with E-state index < -0.39 is 34.1 Å². The third-order valence-corrected chi connectivity index (χ3v) is 8.97. The fourth-order valence-corrected chi connectivity index (χ4v) is 6.11. The zero-order valence-electron chi connectivity index (χ0n) is 23.6. The molecule has 11 heteroatoms. The zero-order valence-corrected chi connectivity index (χ0v) is 26.7. The maximum Gasteiger partial charge on any atom is 0.264 e. The Bertz CT molecular complexity index is 1510. The summed E-state index contributed by atoms with van der Waals surface area (Å²) in [6.07, 6.45) is 0.295. The number of rotatable bonds is 10. The van der Waals surface area contributed by atoms with Gasteiger partial charge in [-0.15, -0.1) is 0 Å². The minimum atomic E-state index is -4.19. The number of anilines is 1. The molecule has 3 aromatic rings. The molecule has 1 atom stereocenters. The Kier molecular flexibility index (Phi) is 10.7. The van der Waals surface area contributed by atoms with Crippen molar-refractivity contribution < 1.29 is 18.0 Å². The molecule has 1 N–H and O–H groups in total. The summed E-state index contributed by atoms with van der Waals surface area (Å²) in [5.41, 5.74) is 1.22. The van der Waals surface area contributed by atoms with Gasteiger partial charge in [0, 0.05) is 17.1 Å². The lowest BCUT2D eigenvalue weighted by molar-refractivity contribution is -0.141. The minimum Gasteiger partial charge on any atom is -0.350 e. The number of aryl methyl sites for hydroxylation is 1. The van der Waals surface area contributed by atoms with Gasteiger partial charge in [0.25, 0.3) is 10.0 Å². The lowest BCUT2D eigenvalue weighted by atomic mass is 10.1. The standard InChI is InChI=1S/C30H34Cl3N3O4S/c1-6-27(29(38)34-30(3,4)5)35(18-21-10-15-25(32)26(33)17-21)28(37)19-36(23-9-7-8-20(2)16-23)41(39,40)24-13-11-22(31)12-14-24/h7-17,27H,6,18-19H2,1-5H3,(H,34,38)/t27-/m0/s1. The van der Waals surface area contributed by atoms with Gasteiger partial charge in [-0.1, -0.05) is 59.9 Å². The average Bonchev–Trinajstić information content (AvgIpc) is 2.88. The van der Waals surface area contributed by atoms with E-state index in [1.54, 1.807) is 43.3 Å². The summed E-state index contributed by atoms with van der Waals surface area (Å²) in [5, 5.41) is 3.98. The van der Waals surface area contributed by atoms with Crippen molar-refractivity contribution in [3.8, 4) is 0 Å². The van der Waals surface area contributed by atoms with Crippen LogP contribution in [-0.2, 0) is 26.2 Å². The van der Waals surface area contributed by atoms with E-state index >= 15 is 0 Å². The van der Waals surface area contributed by atoms with Crippen molar-refractivity contribution in [2.24, 2.45) is 0 Å². The predicted octanol–water partition coefficient (Wildman–Crippen LogP) is 6.87. The Morgan fingerprint density at radius 2 is 1.59 bits per heavy atom. The second-order valence-electron chi connectivity index (χ2n) is 10.7. The van der Waals surface area contributed by atoms with E-state index in [1.807, 2.05) is 33.8 Å². The van der Waals surface area contributed by atoms with Gasteiger partial charge in [-0.2, -0.15) is 0 Å². The second kappa shape index (κ2) is 13.5. The van der Waals surface area contributed by atoms with Gasteiger partial charge in [-0.05, 0) is 93.8 Å². The van der Waals surface area contributed by atoms with Gasteiger partial charge in [0.15, 0.2) is 0 Å². The lowest BCUT2D eigenvalue weighted by Gasteiger charge is -2.35. The Morgan fingerprint density at radius 3 is 2.15 bits per heavy atom. The second-order valence-corrected chi connectivity index (χ2v) is 13.9. The van der Waals surface area contributed by atoms with Crippen molar-refractivity contribution >= 4 is 62.3 Å². The smallest absolute Gasteiger partial charge is 0.264 e. The Balaban J connectivity index is 2.09. The summed E-state index contributed by atoms with van der Waals surface area (Å²) in [4.78, 5) is 28.9. The number of hydrogen-bond acceptors (Lipinski definition) is 4. The summed E-state index contributed by atoms with van der Waals surface area (Å²) < 4.78 is 28.9. The molecular weight excluding hydrogens is 605 g/mol. The molecular formula is C30H34Cl3N3O4S. The van der Waals surface area contributed by atoms with Gasteiger partial charge in [-0.3, -0.25) is 13.9 Å². The fraction of sp³-hybridized carbons (Fsp3) is 0.333. The van der Waals surface area contributed by atoms with Crippen LogP contribution < -0.4 is 9.62 Å². The molecule has 3 aromatic carbocycles. The topological polar surface area (TPSA) is 86.8 Å². The first-order valence-electron chi connectivity index (χ1n) is 13.0. The van der Waals surface area contributed by atoms with Crippen LogP contribution in [0.15, 0.2) is 71.6 Å². The molecule has 0 heterocycles.